The van der Waals surface area contributed by atoms with Gasteiger partial charge in [0.2, 0.25) is 5.91 Å². The highest BCUT2D eigenvalue weighted by Gasteiger charge is 2.19. The maximum absolute atomic E-state index is 11.8. The molecule has 2 aromatic rings. The molecular weight excluding hydrogens is 358 g/mol. The minimum Gasteiger partial charge on any atom is -0.355 e. The first-order valence-corrected chi connectivity index (χ1v) is 10.5. The Morgan fingerprint density at radius 2 is 1.85 bits per heavy atom. The first-order valence-electron chi connectivity index (χ1n) is 9.62. The van der Waals surface area contributed by atoms with Gasteiger partial charge < -0.3 is 10.6 Å². The molecular formula is C20H29N5OS. The summed E-state index contributed by atoms with van der Waals surface area (Å²) in [5, 5.41) is 9.37. The van der Waals surface area contributed by atoms with Crippen molar-refractivity contribution in [3.8, 4) is 0 Å². The summed E-state index contributed by atoms with van der Waals surface area (Å²) in [6, 6.07) is 8.34. The van der Waals surface area contributed by atoms with Crippen molar-refractivity contribution < 1.29 is 4.79 Å². The van der Waals surface area contributed by atoms with Crippen LogP contribution in [0.5, 0.6) is 0 Å². The van der Waals surface area contributed by atoms with Gasteiger partial charge in [0, 0.05) is 50.3 Å². The number of amides is 1. The maximum Gasteiger partial charge on any atom is 0.234 e. The number of aromatic nitrogens is 1. The molecule has 1 aliphatic heterocycles. The minimum atomic E-state index is 0.136. The van der Waals surface area contributed by atoms with Gasteiger partial charge in [-0.1, -0.05) is 24.6 Å². The summed E-state index contributed by atoms with van der Waals surface area (Å²) in [5.74, 6) is 0.136. The fourth-order valence-electron chi connectivity index (χ4n) is 3.06. The van der Waals surface area contributed by atoms with E-state index in [0.29, 0.717) is 6.54 Å². The van der Waals surface area contributed by atoms with E-state index in [-0.39, 0.29) is 5.91 Å². The van der Waals surface area contributed by atoms with Crippen LogP contribution in [0.2, 0.25) is 0 Å². The van der Waals surface area contributed by atoms with E-state index < -0.39 is 0 Å². The van der Waals surface area contributed by atoms with Crippen LogP contribution in [0.4, 0.5) is 10.8 Å². The van der Waals surface area contributed by atoms with Crippen LogP contribution >= 0.6 is 11.3 Å². The number of nitrogens with zero attached hydrogens (tertiary/aromatic N) is 3. The average molecular weight is 388 g/mol. The highest BCUT2D eigenvalue weighted by molar-refractivity contribution is 7.13. The van der Waals surface area contributed by atoms with Gasteiger partial charge in [0.25, 0.3) is 0 Å². The van der Waals surface area contributed by atoms with Crippen LogP contribution < -0.4 is 10.6 Å². The summed E-state index contributed by atoms with van der Waals surface area (Å²) in [4.78, 5) is 21.2. The Balaban J connectivity index is 1.42. The third-order valence-corrected chi connectivity index (χ3v) is 5.45. The molecule has 1 aromatic heterocycles. The van der Waals surface area contributed by atoms with E-state index in [4.69, 9.17) is 4.98 Å². The molecule has 0 unspecified atom stereocenters. The maximum atomic E-state index is 11.8. The lowest BCUT2D eigenvalue weighted by Gasteiger charge is -2.33. The molecule has 6 nitrogen and oxygen atoms in total. The highest BCUT2D eigenvalue weighted by atomic mass is 32.1. The van der Waals surface area contributed by atoms with Gasteiger partial charge in [0.15, 0.2) is 5.13 Å². The summed E-state index contributed by atoms with van der Waals surface area (Å²) in [6.07, 6.45) is 0.980. The van der Waals surface area contributed by atoms with Crippen molar-refractivity contribution in [2.24, 2.45) is 0 Å². The fourth-order valence-corrected chi connectivity index (χ4v) is 3.78. The Morgan fingerprint density at radius 3 is 2.56 bits per heavy atom. The SMILES string of the molecule is CCCNC(=O)CN1CCN(Cc2csc(Nc3ccc(C)cc3)n2)CC1. The van der Waals surface area contributed by atoms with E-state index in [1.165, 1.54) is 5.56 Å². The number of carbonyl (C=O) groups is 1. The number of piperazine rings is 1. The van der Waals surface area contributed by atoms with Gasteiger partial charge in [0.1, 0.15) is 0 Å². The Morgan fingerprint density at radius 1 is 1.15 bits per heavy atom. The Bertz CT molecular complexity index is 722. The van der Waals surface area contributed by atoms with Crippen molar-refractivity contribution in [3.05, 3.63) is 40.9 Å². The second-order valence-electron chi connectivity index (χ2n) is 7.04. The van der Waals surface area contributed by atoms with Crippen molar-refractivity contribution in [2.75, 3.05) is 44.6 Å². The van der Waals surface area contributed by atoms with Gasteiger partial charge in [-0.05, 0) is 25.5 Å². The molecule has 0 saturated carbocycles. The number of hydrogen-bond acceptors (Lipinski definition) is 6. The van der Waals surface area contributed by atoms with Crippen molar-refractivity contribution in [2.45, 2.75) is 26.8 Å². The van der Waals surface area contributed by atoms with Crippen LogP contribution in [0.1, 0.15) is 24.6 Å². The molecule has 0 aliphatic carbocycles. The highest BCUT2D eigenvalue weighted by Crippen LogP contribution is 2.22. The van der Waals surface area contributed by atoms with E-state index in [0.717, 1.165) is 62.2 Å². The van der Waals surface area contributed by atoms with Gasteiger partial charge in [-0.15, -0.1) is 11.3 Å². The molecule has 2 heterocycles. The smallest absolute Gasteiger partial charge is 0.234 e. The molecule has 2 N–H and O–H groups in total. The van der Waals surface area contributed by atoms with E-state index in [2.05, 4.69) is 63.9 Å². The Labute approximate surface area is 165 Å². The molecule has 1 amide bonds. The zero-order valence-electron chi connectivity index (χ0n) is 16.2. The lowest BCUT2D eigenvalue weighted by molar-refractivity contribution is -0.122. The van der Waals surface area contributed by atoms with Crippen molar-refractivity contribution in [1.29, 1.82) is 0 Å². The van der Waals surface area contributed by atoms with Gasteiger partial charge in [-0.3, -0.25) is 14.6 Å². The lowest BCUT2D eigenvalue weighted by atomic mass is 10.2. The number of rotatable bonds is 8. The van der Waals surface area contributed by atoms with Crippen LogP contribution in [0.3, 0.4) is 0 Å². The number of carbonyl (C=O) groups excluding carboxylic acids is 1. The molecule has 1 fully saturated rings. The number of benzene rings is 1. The van der Waals surface area contributed by atoms with Crippen LogP contribution in [0.15, 0.2) is 29.6 Å². The van der Waals surface area contributed by atoms with Crippen LogP contribution in [-0.4, -0.2) is 60.0 Å². The number of aryl methyl sites for hydroxylation is 1. The minimum absolute atomic E-state index is 0.136. The normalized spacial score (nSPS) is 15.6. The summed E-state index contributed by atoms with van der Waals surface area (Å²) in [7, 11) is 0. The lowest BCUT2D eigenvalue weighted by Crippen LogP contribution is -2.49. The van der Waals surface area contributed by atoms with Crippen molar-refractivity contribution in [3.63, 3.8) is 0 Å². The fraction of sp³-hybridized carbons (Fsp3) is 0.500. The van der Waals surface area contributed by atoms with Gasteiger partial charge >= 0.3 is 0 Å². The molecule has 27 heavy (non-hydrogen) atoms. The molecule has 7 heteroatoms. The van der Waals surface area contributed by atoms with Crippen molar-refractivity contribution >= 4 is 28.1 Å². The topological polar surface area (TPSA) is 60.5 Å². The predicted molar refractivity (Wildman–Crippen MR) is 112 cm³/mol. The Hall–Kier alpha value is -1.96. The predicted octanol–water partition coefficient (Wildman–Crippen LogP) is 2.84. The summed E-state index contributed by atoms with van der Waals surface area (Å²) in [6.45, 7) is 10.1. The molecule has 0 radical (unpaired) electrons. The van der Waals surface area contributed by atoms with Gasteiger partial charge in [-0.25, -0.2) is 4.98 Å². The van der Waals surface area contributed by atoms with E-state index >= 15 is 0 Å². The summed E-state index contributed by atoms with van der Waals surface area (Å²) >= 11 is 1.64. The first-order chi connectivity index (χ1) is 13.1. The van der Waals surface area contributed by atoms with E-state index in [1.54, 1.807) is 11.3 Å². The number of thiazole rings is 1. The Kier molecular flexibility index (Phi) is 7.20. The largest absolute Gasteiger partial charge is 0.355 e. The summed E-state index contributed by atoms with van der Waals surface area (Å²) < 4.78 is 0. The third kappa shape index (κ3) is 6.30. The van der Waals surface area contributed by atoms with Crippen LogP contribution in [0, 0.1) is 6.92 Å². The zero-order valence-corrected chi connectivity index (χ0v) is 17.0. The monoisotopic (exact) mass is 387 g/mol. The molecule has 1 aliphatic rings. The quantitative estimate of drug-likeness (QED) is 0.729. The van der Waals surface area contributed by atoms with Gasteiger partial charge in [0.05, 0.1) is 12.2 Å². The summed E-state index contributed by atoms with van der Waals surface area (Å²) in [5.41, 5.74) is 3.42. The number of anilines is 2. The van der Waals surface area contributed by atoms with Gasteiger partial charge in [-0.2, -0.15) is 0 Å². The molecule has 0 bridgehead atoms. The molecule has 0 spiro atoms. The van der Waals surface area contributed by atoms with E-state index in [1.807, 2.05) is 0 Å². The number of hydrogen-bond donors (Lipinski definition) is 2. The van der Waals surface area contributed by atoms with Crippen molar-refractivity contribution in [1.82, 2.24) is 20.1 Å². The zero-order chi connectivity index (χ0) is 19.1. The first kappa shape index (κ1) is 19.8. The van der Waals surface area contributed by atoms with E-state index in [9.17, 15) is 4.79 Å². The second-order valence-corrected chi connectivity index (χ2v) is 7.90. The van der Waals surface area contributed by atoms with Crippen LogP contribution in [-0.2, 0) is 11.3 Å². The molecule has 0 atom stereocenters. The standard InChI is InChI=1S/C20H29N5OS/c1-3-8-21-19(26)14-25-11-9-24(10-12-25)13-18-15-27-20(23-18)22-17-6-4-16(2)5-7-17/h4-7,15H,3,8-14H2,1-2H3,(H,21,26)(H,22,23). The molecule has 1 aromatic carbocycles. The number of nitrogens with one attached hydrogen (secondary N) is 2. The third-order valence-electron chi connectivity index (χ3n) is 4.64. The molecule has 1 saturated heterocycles. The molecule has 146 valence electrons. The van der Waals surface area contributed by atoms with Crippen LogP contribution in [0.25, 0.3) is 0 Å². The second kappa shape index (κ2) is 9.82. The molecule has 3 rings (SSSR count). The average Bonchev–Trinajstić information content (AvgIpc) is 3.10.